The van der Waals surface area contributed by atoms with Gasteiger partial charge in [-0.25, -0.2) is 0 Å². The van der Waals surface area contributed by atoms with Gasteiger partial charge in [-0.05, 0) is 67.4 Å². The van der Waals surface area contributed by atoms with E-state index in [1.165, 1.54) is 24.8 Å². The number of aryl methyl sites for hydroxylation is 2. The lowest BCUT2D eigenvalue weighted by atomic mass is 9.54. The molecule has 3 aliphatic carbocycles. The van der Waals surface area contributed by atoms with Crippen molar-refractivity contribution in [1.82, 2.24) is 0 Å². The minimum absolute atomic E-state index is 0.0811. The van der Waals surface area contributed by atoms with E-state index in [0.717, 1.165) is 12.8 Å². The van der Waals surface area contributed by atoms with Gasteiger partial charge in [0.15, 0.2) is 0 Å². The van der Waals surface area contributed by atoms with Crippen molar-refractivity contribution in [3.63, 3.8) is 0 Å². The molecule has 0 amide bonds. The van der Waals surface area contributed by atoms with Crippen LogP contribution in [-0.4, -0.2) is 5.78 Å². The Hall–Kier alpha value is -1.37. The van der Waals surface area contributed by atoms with Crippen LogP contribution in [0.5, 0.6) is 0 Å². The summed E-state index contributed by atoms with van der Waals surface area (Å²) in [6.45, 7) is 8.47. The zero-order valence-corrected chi connectivity index (χ0v) is 13.8. The van der Waals surface area contributed by atoms with Crippen LogP contribution in [0.1, 0.15) is 55.2 Å². The van der Waals surface area contributed by atoms with Gasteiger partial charge in [0.2, 0.25) is 0 Å². The largest absolute Gasteiger partial charge is 0.299 e. The van der Waals surface area contributed by atoms with Crippen LogP contribution in [0.2, 0.25) is 0 Å². The van der Waals surface area contributed by atoms with Crippen molar-refractivity contribution >= 4 is 5.78 Å². The third kappa shape index (κ3) is 1.81. The summed E-state index contributed by atoms with van der Waals surface area (Å²) in [4.78, 5) is 12.6. The zero-order valence-electron chi connectivity index (χ0n) is 13.8. The quantitative estimate of drug-likeness (QED) is 0.678. The van der Waals surface area contributed by atoms with E-state index in [0.29, 0.717) is 29.5 Å². The van der Waals surface area contributed by atoms with Crippen LogP contribution < -0.4 is 0 Å². The van der Waals surface area contributed by atoms with Crippen LogP contribution in [0.4, 0.5) is 0 Å². The molecule has 3 aliphatic rings. The van der Waals surface area contributed by atoms with Gasteiger partial charge in [0, 0.05) is 11.8 Å². The Morgan fingerprint density at radius 2 is 2.14 bits per heavy atom. The summed E-state index contributed by atoms with van der Waals surface area (Å²) in [6, 6.07) is 7.01. The summed E-state index contributed by atoms with van der Waals surface area (Å²) >= 11 is 0. The Kier molecular flexibility index (Phi) is 3.11. The lowest BCUT2D eigenvalue weighted by molar-refractivity contribution is -0.129. The molecule has 1 nitrogen and oxygen atoms in total. The maximum atomic E-state index is 12.6. The van der Waals surface area contributed by atoms with Gasteiger partial charge in [-0.2, -0.15) is 0 Å². The Morgan fingerprint density at radius 3 is 2.91 bits per heavy atom. The van der Waals surface area contributed by atoms with Gasteiger partial charge in [-0.3, -0.25) is 4.79 Å². The molecule has 0 aliphatic heterocycles. The highest BCUT2D eigenvalue weighted by atomic mass is 16.1. The third-order valence-corrected chi connectivity index (χ3v) is 6.96. The van der Waals surface area contributed by atoms with Crippen LogP contribution in [0.25, 0.3) is 0 Å². The molecule has 0 heterocycles. The summed E-state index contributed by atoms with van der Waals surface area (Å²) < 4.78 is 0. The average molecular weight is 294 g/mol. The summed E-state index contributed by atoms with van der Waals surface area (Å²) in [5.41, 5.74) is 4.43. The molecule has 2 saturated carbocycles. The van der Waals surface area contributed by atoms with Crippen molar-refractivity contribution in [2.75, 3.05) is 0 Å². The lowest BCUT2D eigenvalue weighted by Crippen LogP contribution is -2.44. The minimum atomic E-state index is -0.0811. The fraction of sp³-hybridized carbons (Fsp3) is 0.571. The first kappa shape index (κ1) is 14.2. The summed E-state index contributed by atoms with van der Waals surface area (Å²) in [7, 11) is 0. The molecule has 116 valence electrons. The fourth-order valence-electron chi connectivity index (χ4n) is 5.88. The highest BCUT2D eigenvalue weighted by Gasteiger charge is 2.57. The van der Waals surface area contributed by atoms with Crippen LogP contribution in [0, 0.1) is 30.1 Å². The van der Waals surface area contributed by atoms with Gasteiger partial charge in [-0.15, -0.1) is 6.58 Å². The molecule has 0 spiro atoms. The molecule has 0 saturated heterocycles. The predicted octanol–water partition coefficient (Wildman–Crippen LogP) is 4.83. The maximum absolute atomic E-state index is 12.6. The maximum Gasteiger partial charge on any atom is 0.139 e. The number of carbonyl (C=O) groups is 1. The van der Waals surface area contributed by atoms with E-state index in [-0.39, 0.29) is 5.41 Å². The smallest absolute Gasteiger partial charge is 0.139 e. The molecule has 0 aromatic heterocycles. The number of ketones is 1. The van der Waals surface area contributed by atoms with Crippen LogP contribution >= 0.6 is 0 Å². The first-order chi connectivity index (χ1) is 10.5. The minimum Gasteiger partial charge on any atom is -0.299 e. The van der Waals surface area contributed by atoms with Gasteiger partial charge in [0.1, 0.15) is 5.78 Å². The second kappa shape index (κ2) is 4.81. The van der Waals surface area contributed by atoms with Gasteiger partial charge >= 0.3 is 0 Å². The molecule has 1 aromatic carbocycles. The first-order valence-electron chi connectivity index (χ1n) is 8.80. The Bertz CT molecular complexity index is 643. The number of benzene rings is 1. The van der Waals surface area contributed by atoms with Gasteiger partial charge in [-0.1, -0.05) is 36.8 Å². The van der Waals surface area contributed by atoms with Crippen molar-refractivity contribution in [3.05, 3.63) is 47.5 Å². The molecule has 0 N–H and O–H groups in total. The number of rotatable bonds is 1. The molecule has 1 heteroatoms. The normalized spacial score (nSPS) is 39.8. The first-order valence-corrected chi connectivity index (χ1v) is 8.80. The van der Waals surface area contributed by atoms with E-state index in [1.54, 1.807) is 11.1 Å². The molecule has 0 radical (unpaired) electrons. The van der Waals surface area contributed by atoms with Crippen molar-refractivity contribution in [2.45, 2.75) is 51.9 Å². The zero-order chi connectivity index (χ0) is 15.5. The Balaban J connectivity index is 1.76. The lowest BCUT2D eigenvalue weighted by Gasteiger charge is -2.49. The second-order valence-corrected chi connectivity index (χ2v) is 8.02. The number of Topliss-reactive ketones (excluding diaryl/α,β-unsaturated/α-hetero) is 1. The molecular weight excluding hydrogens is 268 g/mol. The Morgan fingerprint density at radius 1 is 1.32 bits per heavy atom. The highest BCUT2D eigenvalue weighted by molar-refractivity contribution is 5.88. The predicted molar refractivity (Wildman–Crippen MR) is 89.9 cm³/mol. The SMILES string of the molecule is C=C[C@@H]1CC(=O)[C@@]2(C)CC[C@@H]3c4ccc(C)cc4CC[C@H]3[C@H]12. The number of hydrogen-bond donors (Lipinski definition) is 0. The van der Waals surface area contributed by atoms with Crippen molar-refractivity contribution < 1.29 is 4.79 Å². The summed E-state index contributed by atoms with van der Waals surface area (Å²) in [6.07, 6.45) is 7.48. The molecule has 4 rings (SSSR count). The molecule has 0 unspecified atom stereocenters. The number of allylic oxidation sites excluding steroid dienone is 1. The second-order valence-electron chi connectivity index (χ2n) is 8.02. The van der Waals surface area contributed by atoms with E-state index in [4.69, 9.17) is 0 Å². The molecule has 22 heavy (non-hydrogen) atoms. The van der Waals surface area contributed by atoms with Gasteiger partial charge in [0.05, 0.1) is 0 Å². The van der Waals surface area contributed by atoms with Crippen molar-refractivity contribution in [2.24, 2.45) is 23.2 Å². The molecule has 0 bridgehead atoms. The van der Waals surface area contributed by atoms with E-state index in [2.05, 4.69) is 44.7 Å². The van der Waals surface area contributed by atoms with E-state index < -0.39 is 0 Å². The van der Waals surface area contributed by atoms with E-state index in [1.807, 2.05) is 0 Å². The topological polar surface area (TPSA) is 17.1 Å². The highest BCUT2D eigenvalue weighted by Crippen LogP contribution is 2.61. The number of carbonyl (C=O) groups excluding carboxylic acids is 1. The molecule has 1 aromatic rings. The Labute approximate surface area is 133 Å². The van der Waals surface area contributed by atoms with Crippen molar-refractivity contribution in [3.8, 4) is 0 Å². The van der Waals surface area contributed by atoms with Crippen LogP contribution in [-0.2, 0) is 11.2 Å². The molecule has 5 atom stereocenters. The van der Waals surface area contributed by atoms with Crippen LogP contribution in [0.3, 0.4) is 0 Å². The van der Waals surface area contributed by atoms with E-state index >= 15 is 0 Å². The summed E-state index contributed by atoms with van der Waals surface area (Å²) in [5.74, 6) is 2.75. The third-order valence-electron chi connectivity index (χ3n) is 6.96. The van der Waals surface area contributed by atoms with E-state index in [9.17, 15) is 4.79 Å². The van der Waals surface area contributed by atoms with Crippen molar-refractivity contribution in [1.29, 1.82) is 0 Å². The number of hydrogen-bond acceptors (Lipinski definition) is 1. The summed E-state index contributed by atoms with van der Waals surface area (Å²) in [5, 5.41) is 0. The average Bonchev–Trinajstić information content (AvgIpc) is 2.78. The molecular formula is C21H26O. The monoisotopic (exact) mass is 294 g/mol. The standard InChI is InChI=1S/C21H26O/c1-4-14-12-19(22)21(3)10-9-17-16-7-5-13(2)11-15(16)6-8-18(17)20(14)21/h4-5,7,11,14,17-18,20H,1,6,8-10,12H2,2-3H3/t14-,17-,18-,20+,21-/m1/s1. The van der Waals surface area contributed by atoms with Crippen LogP contribution in [0.15, 0.2) is 30.9 Å². The van der Waals surface area contributed by atoms with Gasteiger partial charge < -0.3 is 0 Å². The molecule has 2 fully saturated rings. The fourth-order valence-corrected chi connectivity index (χ4v) is 5.88. The number of fused-ring (bicyclic) bond motifs is 5. The van der Waals surface area contributed by atoms with Gasteiger partial charge in [0.25, 0.3) is 0 Å².